The second kappa shape index (κ2) is 7.13. The minimum atomic E-state index is -1.22. The Kier molecular flexibility index (Phi) is 6.57. The Morgan fingerprint density at radius 3 is 2.28 bits per heavy atom. The first-order valence-electron chi connectivity index (χ1n) is 5.70. The van der Waals surface area contributed by atoms with Gasteiger partial charge in [0.1, 0.15) is 5.60 Å². The van der Waals surface area contributed by atoms with Gasteiger partial charge in [0.15, 0.2) is 0 Å². The van der Waals surface area contributed by atoms with E-state index < -0.39 is 17.5 Å². The second-order valence-corrected chi connectivity index (χ2v) is 4.64. The van der Waals surface area contributed by atoms with Gasteiger partial charge in [0.05, 0.1) is 0 Å². The van der Waals surface area contributed by atoms with Crippen LogP contribution in [-0.4, -0.2) is 22.6 Å². The van der Waals surface area contributed by atoms with Gasteiger partial charge in [-0.15, -0.1) is 0 Å². The standard InChI is InChI=1S/C12H20O6/c1-6-9(7-10(13)14)11(15)16-18-17-12(4,5)8(2)3/h7-8H,6H2,1-5H3,(H,13,14). The fourth-order valence-corrected chi connectivity index (χ4v) is 0.740. The summed E-state index contributed by atoms with van der Waals surface area (Å²) >= 11 is 0. The van der Waals surface area contributed by atoms with Crippen LogP contribution in [0.25, 0.3) is 0 Å². The Balaban J connectivity index is 4.31. The smallest absolute Gasteiger partial charge is 0.372 e. The van der Waals surface area contributed by atoms with E-state index in [2.05, 4.69) is 9.93 Å². The van der Waals surface area contributed by atoms with Gasteiger partial charge in [-0.1, -0.05) is 20.8 Å². The molecule has 0 spiro atoms. The van der Waals surface area contributed by atoms with E-state index in [1.54, 1.807) is 20.8 Å². The molecule has 0 saturated heterocycles. The Hall–Kier alpha value is -1.40. The quantitative estimate of drug-likeness (QED) is 0.429. The zero-order chi connectivity index (χ0) is 14.3. The van der Waals surface area contributed by atoms with Crippen LogP contribution in [0.2, 0.25) is 0 Å². The number of carboxylic acids is 1. The number of carboxylic acid groups (broad SMARTS) is 1. The molecule has 0 aromatic rings. The van der Waals surface area contributed by atoms with E-state index in [9.17, 15) is 9.59 Å². The van der Waals surface area contributed by atoms with Crippen molar-refractivity contribution in [3.8, 4) is 0 Å². The molecule has 0 aromatic heterocycles. The summed E-state index contributed by atoms with van der Waals surface area (Å²) in [6.07, 6.45) is 1.00. The van der Waals surface area contributed by atoms with Crippen LogP contribution in [0.15, 0.2) is 11.6 Å². The highest BCUT2D eigenvalue weighted by atomic mass is 17.5. The van der Waals surface area contributed by atoms with Crippen LogP contribution in [0, 0.1) is 5.92 Å². The van der Waals surface area contributed by atoms with Crippen LogP contribution in [0.1, 0.15) is 41.0 Å². The van der Waals surface area contributed by atoms with Crippen LogP contribution >= 0.6 is 0 Å². The summed E-state index contributed by atoms with van der Waals surface area (Å²) in [5.41, 5.74) is -0.628. The third-order valence-corrected chi connectivity index (χ3v) is 2.69. The van der Waals surface area contributed by atoms with Crippen LogP contribution in [0.5, 0.6) is 0 Å². The second-order valence-electron chi connectivity index (χ2n) is 4.64. The number of rotatable bonds is 7. The first-order chi connectivity index (χ1) is 8.20. The van der Waals surface area contributed by atoms with Crippen molar-refractivity contribution < 1.29 is 29.5 Å². The van der Waals surface area contributed by atoms with Crippen molar-refractivity contribution in [1.29, 1.82) is 0 Å². The predicted octanol–water partition coefficient (Wildman–Crippen LogP) is 2.25. The maximum atomic E-state index is 11.4. The zero-order valence-corrected chi connectivity index (χ0v) is 11.4. The van der Waals surface area contributed by atoms with E-state index in [0.717, 1.165) is 6.08 Å². The zero-order valence-electron chi connectivity index (χ0n) is 11.4. The van der Waals surface area contributed by atoms with Crippen molar-refractivity contribution in [2.45, 2.75) is 46.6 Å². The van der Waals surface area contributed by atoms with Crippen molar-refractivity contribution in [1.82, 2.24) is 0 Å². The molecule has 0 saturated carbocycles. The highest BCUT2D eigenvalue weighted by Gasteiger charge is 2.26. The van der Waals surface area contributed by atoms with Crippen LogP contribution in [0.4, 0.5) is 0 Å². The molecule has 0 fully saturated rings. The largest absolute Gasteiger partial charge is 0.478 e. The fraction of sp³-hybridized carbons (Fsp3) is 0.667. The van der Waals surface area contributed by atoms with E-state index in [4.69, 9.17) is 9.99 Å². The third-order valence-electron chi connectivity index (χ3n) is 2.69. The summed E-state index contributed by atoms with van der Waals surface area (Å²) in [7, 11) is 0. The van der Waals surface area contributed by atoms with Gasteiger partial charge < -0.3 is 5.11 Å². The molecule has 6 heteroatoms. The molecule has 0 heterocycles. The number of hydrogen-bond acceptors (Lipinski definition) is 5. The summed E-state index contributed by atoms with van der Waals surface area (Å²) in [6, 6.07) is 0. The van der Waals surface area contributed by atoms with Crippen LogP contribution < -0.4 is 0 Å². The molecule has 6 nitrogen and oxygen atoms in total. The number of carbonyl (C=O) groups is 2. The lowest BCUT2D eigenvalue weighted by molar-refractivity contribution is -0.519. The van der Waals surface area contributed by atoms with Crippen molar-refractivity contribution in [3.05, 3.63) is 11.6 Å². The predicted molar refractivity (Wildman–Crippen MR) is 63.2 cm³/mol. The molecular weight excluding hydrogens is 240 g/mol. The maximum Gasteiger partial charge on any atom is 0.372 e. The molecule has 104 valence electrons. The average Bonchev–Trinajstić information content (AvgIpc) is 2.24. The van der Waals surface area contributed by atoms with Gasteiger partial charge in [-0.3, -0.25) is 4.89 Å². The Bertz CT molecular complexity index is 329. The third kappa shape index (κ3) is 5.79. The van der Waals surface area contributed by atoms with Gasteiger partial charge in [0, 0.05) is 11.6 Å². The highest BCUT2D eigenvalue weighted by Crippen LogP contribution is 2.20. The number of carbonyl (C=O) groups excluding carboxylic acids is 1. The topological polar surface area (TPSA) is 82.1 Å². The van der Waals surface area contributed by atoms with Crippen LogP contribution in [0.3, 0.4) is 0 Å². The van der Waals surface area contributed by atoms with Crippen LogP contribution in [-0.2, 0) is 24.4 Å². The minimum Gasteiger partial charge on any atom is -0.478 e. The fourth-order valence-electron chi connectivity index (χ4n) is 0.740. The summed E-state index contributed by atoms with van der Waals surface area (Å²) < 4.78 is 0. The first-order valence-corrected chi connectivity index (χ1v) is 5.70. The normalized spacial score (nSPS) is 12.7. The van der Waals surface area contributed by atoms with Gasteiger partial charge in [-0.25, -0.2) is 9.59 Å². The molecule has 1 N–H and O–H groups in total. The molecule has 0 aliphatic heterocycles. The molecule has 0 rings (SSSR count). The van der Waals surface area contributed by atoms with Crippen molar-refractivity contribution in [2.75, 3.05) is 0 Å². The van der Waals surface area contributed by atoms with E-state index in [1.165, 1.54) is 0 Å². The molecule has 0 unspecified atom stereocenters. The molecule has 0 aromatic carbocycles. The monoisotopic (exact) mass is 260 g/mol. The number of hydrogen-bond donors (Lipinski definition) is 1. The van der Waals surface area contributed by atoms with Crippen molar-refractivity contribution >= 4 is 11.9 Å². The number of aliphatic carboxylic acids is 1. The van der Waals surface area contributed by atoms with Crippen molar-refractivity contribution in [3.63, 3.8) is 0 Å². The lowest BCUT2D eigenvalue weighted by atomic mass is 9.95. The average molecular weight is 260 g/mol. The molecule has 0 bridgehead atoms. The van der Waals surface area contributed by atoms with E-state index in [1.807, 2.05) is 13.8 Å². The van der Waals surface area contributed by atoms with Gasteiger partial charge in [-0.2, -0.15) is 4.89 Å². The summed E-state index contributed by atoms with van der Waals surface area (Å²) in [4.78, 5) is 31.2. The Morgan fingerprint density at radius 1 is 1.33 bits per heavy atom. The molecule has 0 aliphatic carbocycles. The first kappa shape index (κ1) is 16.6. The Labute approximate surface area is 106 Å². The summed E-state index contributed by atoms with van der Waals surface area (Å²) in [5, 5.41) is 12.9. The summed E-state index contributed by atoms with van der Waals surface area (Å²) in [5.74, 6) is -1.94. The van der Waals surface area contributed by atoms with E-state index in [-0.39, 0.29) is 17.9 Å². The molecular formula is C12H20O6. The minimum absolute atomic E-state index is 0.00606. The van der Waals surface area contributed by atoms with Gasteiger partial charge in [0.25, 0.3) is 0 Å². The molecule has 18 heavy (non-hydrogen) atoms. The summed E-state index contributed by atoms with van der Waals surface area (Å²) in [6.45, 7) is 9.04. The highest BCUT2D eigenvalue weighted by molar-refractivity contribution is 5.95. The molecule has 0 aliphatic rings. The lowest BCUT2D eigenvalue weighted by Crippen LogP contribution is -2.31. The molecule has 0 radical (unpaired) electrons. The van der Waals surface area contributed by atoms with Gasteiger partial charge >= 0.3 is 11.9 Å². The Morgan fingerprint density at radius 2 is 1.89 bits per heavy atom. The van der Waals surface area contributed by atoms with Crippen molar-refractivity contribution in [2.24, 2.45) is 5.92 Å². The molecule has 0 atom stereocenters. The molecule has 0 amide bonds. The van der Waals surface area contributed by atoms with Gasteiger partial charge in [0.2, 0.25) is 0 Å². The maximum absolute atomic E-state index is 11.4. The van der Waals surface area contributed by atoms with Gasteiger partial charge in [-0.05, 0) is 31.2 Å². The lowest BCUT2D eigenvalue weighted by Gasteiger charge is -2.25. The van der Waals surface area contributed by atoms with E-state index in [0.29, 0.717) is 0 Å². The SMILES string of the molecule is CCC(=CC(=O)O)C(=O)OOOC(C)(C)C(C)C. The van der Waals surface area contributed by atoms with E-state index >= 15 is 0 Å².